The van der Waals surface area contributed by atoms with Crippen molar-refractivity contribution in [1.82, 2.24) is 9.96 Å². The predicted molar refractivity (Wildman–Crippen MR) is 68.2 cm³/mol. The Balaban J connectivity index is 1.90. The van der Waals surface area contributed by atoms with Gasteiger partial charge in [0.15, 0.2) is 6.61 Å². The lowest BCUT2D eigenvalue weighted by molar-refractivity contribution is -0.181. The maximum atomic E-state index is 12.1. The third kappa shape index (κ3) is 3.02. The number of nitrogens with zero attached hydrogens (tertiary/aromatic N) is 3. The molecule has 7 nitrogen and oxygen atoms in total. The van der Waals surface area contributed by atoms with Crippen LogP contribution in [0.3, 0.4) is 0 Å². The van der Waals surface area contributed by atoms with Crippen molar-refractivity contribution in [3.8, 4) is 6.07 Å². The van der Waals surface area contributed by atoms with Gasteiger partial charge in [0, 0.05) is 6.54 Å². The Morgan fingerprint density at radius 2 is 2.15 bits per heavy atom. The number of piperidine rings is 1. The molecule has 0 saturated carbocycles. The van der Waals surface area contributed by atoms with Crippen LogP contribution in [0.2, 0.25) is 0 Å². The molecule has 2 atom stereocenters. The number of hydrogen-bond acceptors (Lipinski definition) is 5. The van der Waals surface area contributed by atoms with Crippen LogP contribution in [0.4, 0.5) is 4.79 Å². The Labute approximate surface area is 118 Å². The van der Waals surface area contributed by atoms with Gasteiger partial charge in [0.25, 0.3) is 0 Å². The molecule has 2 fully saturated rings. The minimum absolute atomic E-state index is 0.0884. The maximum Gasteiger partial charge on any atom is 0.345 e. The maximum absolute atomic E-state index is 12.1. The Morgan fingerprint density at radius 1 is 1.45 bits per heavy atom. The summed E-state index contributed by atoms with van der Waals surface area (Å²) >= 11 is 0. The number of hydrogen-bond donors (Lipinski definition) is 0. The number of carbonyl (C=O) groups is 2. The molecular weight excluding hydrogens is 262 g/mol. The number of carbonyl (C=O) groups excluding carboxylic acids is 2. The van der Waals surface area contributed by atoms with Gasteiger partial charge in [-0.1, -0.05) is 0 Å². The fourth-order valence-electron chi connectivity index (χ4n) is 2.43. The van der Waals surface area contributed by atoms with Crippen molar-refractivity contribution in [2.45, 2.75) is 51.3 Å². The highest BCUT2D eigenvalue weighted by atomic mass is 16.7. The standard InChI is InChI=1S/C13H19N3O4/c1-13(2,3)20-11(17)8-19-16-10-5-4-9(6-14)15(7-10)12(16)18/h9-10H,4-5,7-8H2,1-3H3/t9-,10+/m0/s1. The van der Waals surface area contributed by atoms with Crippen molar-refractivity contribution < 1.29 is 19.2 Å². The van der Waals surface area contributed by atoms with Crippen LogP contribution in [-0.2, 0) is 14.4 Å². The van der Waals surface area contributed by atoms with Crippen LogP contribution in [0, 0.1) is 11.3 Å². The van der Waals surface area contributed by atoms with Crippen molar-refractivity contribution in [2.75, 3.05) is 13.2 Å². The van der Waals surface area contributed by atoms with E-state index in [4.69, 9.17) is 14.8 Å². The lowest BCUT2D eigenvalue weighted by atomic mass is 10.0. The van der Waals surface area contributed by atoms with Gasteiger partial charge in [-0.25, -0.2) is 9.59 Å². The van der Waals surface area contributed by atoms with E-state index in [0.717, 1.165) is 0 Å². The van der Waals surface area contributed by atoms with E-state index >= 15 is 0 Å². The quantitative estimate of drug-likeness (QED) is 0.722. The summed E-state index contributed by atoms with van der Waals surface area (Å²) in [6, 6.07) is 1.28. The van der Waals surface area contributed by atoms with Crippen molar-refractivity contribution in [3.63, 3.8) is 0 Å². The fraction of sp³-hybridized carbons (Fsp3) is 0.769. The lowest BCUT2D eigenvalue weighted by Gasteiger charge is -2.25. The van der Waals surface area contributed by atoms with E-state index in [9.17, 15) is 9.59 Å². The van der Waals surface area contributed by atoms with Gasteiger partial charge in [-0.15, -0.1) is 0 Å². The van der Waals surface area contributed by atoms with E-state index in [-0.39, 0.29) is 18.7 Å². The van der Waals surface area contributed by atoms with Gasteiger partial charge >= 0.3 is 12.0 Å². The number of amides is 2. The molecule has 2 aliphatic heterocycles. The number of urea groups is 1. The van der Waals surface area contributed by atoms with Gasteiger partial charge in [0.1, 0.15) is 11.6 Å². The molecule has 110 valence electrons. The van der Waals surface area contributed by atoms with Gasteiger partial charge in [-0.3, -0.25) is 4.84 Å². The van der Waals surface area contributed by atoms with Crippen molar-refractivity contribution in [3.05, 3.63) is 0 Å². The van der Waals surface area contributed by atoms with Crippen LogP contribution in [0.25, 0.3) is 0 Å². The molecule has 2 amide bonds. The average molecular weight is 281 g/mol. The molecule has 0 unspecified atom stereocenters. The lowest BCUT2D eigenvalue weighted by Crippen LogP contribution is -2.39. The summed E-state index contributed by atoms with van der Waals surface area (Å²) in [6.45, 7) is 5.47. The number of ether oxygens (including phenoxy) is 1. The average Bonchev–Trinajstić information content (AvgIpc) is 2.59. The second-order valence-electron chi connectivity index (χ2n) is 6.00. The van der Waals surface area contributed by atoms with E-state index in [2.05, 4.69) is 6.07 Å². The molecule has 2 bridgehead atoms. The third-order valence-electron chi connectivity index (χ3n) is 3.21. The Hall–Kier alpha value is -1.81. The minimum Gasteiger partial charge on any atom is -0.458 e. The number of nitriles is 1. The summed E-state index contributed by atoms with van der Waals surface area (Å²) in [7, 11) is 0. The summed E-state index contributed by atoms with van der Waals surface area (Å²) in [4.78, 5) is 30.4. The Bertz CT molecular complexity index is 452. The first-order valence-electron chi connectivity index (χ1n) is 6.66. The Morgan fingerprint density at radius 3 is 2.75 bits per heavy atom. The summed E-state index contributed by atoms with van der Waals surface area (Å²) in [6.07, 6.45) is 1.34. The highest BCUT2D eigenvalue weighted by molar-refractivity contribution is 5.78. The number of fused-ring (bicyclic) bond motifs is 2. The molecule has 7 heteroatoms. The summed E-state index contributed by atoms with van der Waals surface area (Å²) in [5, 5.41) is 10.2. The van der Waals surface area contributed by atoms with E-state index in [1.807, 2.05) is 0 Å². The highest BCUT2D eigenvalue weighted by Gasteiger charge is 2.46. The van der Waals surface area contributed by atoms with Gasteiger partial charge < -0.3 is 9.64 Å². The molecule has 2 saturated heterocycles. The summed E-state index contributed by atoms with van der Waals surface area (Å²) in [5.41, 5.74) is -0.583. The number of hydroxylamine groups is 2. The first-order chi connectivity index (χ1) is 9.31. The van der Waals surface area contributed by atoms with Crippen molar-refractivity contribution >= 4 is 12.0 Å². The third-order valence-corrected chi connectivity index (χ3v) is 3.21. The molecule has 0 aromatic heterocycles. The van der Waals surface area contributed by atoms with E-state index in [1.54, 1.807) is 20.8 Å². The van der Waals surface area contributed by atoms with Crippen LogP contribution < -0.4 is 0 Å². The molecular formula is C13H19N3O4. The monoisotopic (exact) mass is 281 g/mol. The second kappa shape index (κ2) is 5.29. The molecule has 0 aromatic rings. The largest absolute Gasteiger partial charge is 0.458 e. The van der Waals surface area contributed by atoms with Gasteiger partial charge in [-0.05, 0) is 33.6 Å². The smallest absolute Gasteiger partial charge is 0.345 e. The Kier molecular flexibility index (Phi) is 3.86. The van der Waals surface area contributed by atoms with Crippen molar-refractivity contribution in [1.29, 1.82) is 5.26 Å². The van der Waals surface area contributed by atoms with E-state index in [1.165, 1.54) is 9.96 Å². The van der Waals surface area contributed by atoms with Gasteiger partial charge in [-0.2, -0.15) is 10.3 Å². The van der Waals surface area contributed by atoms with Gasteiger partial charge in [0.05, 0.1) is 12.1 Å². The van der Waals surface area contributed by atoms with Crippen molar-refractivity contribution in [2.24, 2.45) is 0 Å². The fourth-order valence-corrected chi connectivity index (χ4v) is 2.43. The zero-order valence-electron chi connectivity index (χ0n) is 12.0. The van der Waals surface area contributed by atoms with E-state index < -0.39 is 17.6 Å². The van der Waals surface area contributed by atoms with Crippen LogP contribution >= 0.6 is 0 Å². The van der Waals surface area contributed by atoms with Crippen LogP contribution in [0.15, 0.2) is 0 Å². The zero-order valence-corrected chi connectivity index (χ0v) is 12.0. The predicted octanol–water partition coefficient (Wildman–Crippen LogP) is 1.05. The SMILES string of the molecule is CC(C)(C)OC(=O)CON1C(=O)N2C[C@H]1CC[C@H]2C#N. The first-order valence-corrected chi connectivity index (χ1v) is 6.66. The molecule has 0 aliphatic carbocycles. The minimum atomic E-state index is -0.583. The number of esters is 1. The van der Waals surface area contributed by atoms with Crippen LogP contribution in [0.5, 0.6) is 0 Å². The highest BCUT2D eigenvalue weighted by Crippen LogP contribution is 2.29. The molecule has 2 rings (SSSR count). The molecule has 2 heterocycles. The van der Waals surface area contributed by atoms with Gasteiger partial charge in [0.2, 0.25) is 0 Å². The van der Waals surface area contributed by atoms with E-state index in [0.29, 0.717) is 19.4 Å². The number of rotatable bonds is 3. The normalized spacial score (nSPS) is 25.6. The zero-order chi connectivity index (χ0) is 14.9. The topological polar surface area (TPSA) is 82.9 Å². The summed E-state index contributed by atoms with van der Waals surface area (Å²) in [5.74, 6) is -0.515. The van der Waals surface area contributed by atoms with Crippen LogP contribution in [-0.4, -0.2) is 52.8 Å². The molecule has 0 N–H and O–H groups in total. The molecule has 20 heavy (non-hydrogen) atoms. The molecule has 2 aliphatic rings. The molecule has 0 spiro atoms. The van der Waals surface area contributed by atoms with Crippen LogP contribution in [0.1, 0.15) is 33.6 Å². The summed E-state index contributed by atoms with van der Waals surface area (Å²) < 4.78 is 5.12. The first kappa shape index (κ1) is 14.6. The molecule has 0 radical (unpaired) electrons. The molecule has 0 aromatic carbocycles. The second-order valence-corrected chi connectivity index (χ2v) is 6.00.